The van der Waals surface area contributed by atoms with Gasteiger partial charge < -0.3 is 4.74 Å². The first-order valence-corrected chi connectivity index (χ1v) is 7.89. The third kappa shape index (κ3) is 4.17. The Bertz CT molecular complexity index is 680. The molecule has 0 aliphatic heterocycles. The van der Waals surface area contributed by atoms with Crippen molar-refractivity contribution in [1.29, 1.82) is 5.26 Å². The molecule has 1 aromatic rings. The second-order valence-corrected chi connectivity index (χ2v) is 6.71. The normalized spacial score (nSPS) is 12.8. The minimum Gasteiger partial charge on any atom is -0.468 e. The molecule has 1 aromatic carbocycles. The van der Waals surface area contributed by atoms with Gasteiger partial charge in [-0.1, -0.05) is 25.4 Å². The van der Waals surface area contributed by atoms with Crippen LogP contribution >= 0.6 is 11.6 Å². The molecule has 0 spiro atoms. The molecule has 1 unspecified atom stereocenters. The maximum absolute atomic E-state index is 12.3. The largest absolute Gasteiger partial charge is 0.468 e. The number of hydrogen-bond donors (Lipinski definition) is 1. The first kappa shape index (κ1) is 17.4. The Morgan fingerprint density at radius 1 is 1.43 bits per heavy atom. The molecule has 6 nitrogen and oxygen atoms in total. The number of carbonyl (C=O) groups excluding carboxylic acids is 1. The average Bonchev–Trinajstić information content (AvgIpc) is 2.43. The van der Waals surface area contributed by atoms with Crippen LogP contribution < -0.4 is 4.72 Å². The lowest BCUT2D eigenvalue weighted by Gasteiger charge is -2.20. The van der Waals surface area contributed by atoms with Crippen molar-refractivity contribution >= 4 is 27.6 Å². The number of esters is 1. The van der Waals surface area contributed by atoms with Crippen molar-refractivity contribution < 1.29 is 17.9 Å². The van der Waals surface area contributed by atoms with Crippen LogP contribution in [0.5, 0.6) is 0 Å². The Labute approximate surface area is 128 Å². The Kier molecular flexibility index (Phi) is 5.72. The highest BCUT2D eigenvalue weighted by molar-refractivity contribution is 7.89. The number of carbonyl (C=O) groups is 1. The highest BCUT2D eigenvalue weighted by Gasteiger charge is 2.30. The molecule has 0 fully saturated rings. The van der Waals surface area contributed by atoms with Gasteiger partial charge in [-0.05, 0) is 24.1 Å². The van der Waals surface area contributed by atoms with E-state index in [0.717, 1.165) is 0 Å². The first-order valence-electron chi connectivity index (χ1n) is 6.02. The van der Waals surface area contributed by atoms with Crippen LogP contribution in [-0.2, 0) is 19.6 Å². The van der Waals surface area contributed by atoms with Crippen LogP contribution in [0.15, 0.2) is 23.1 Å². The minimum absolute atomic E-state index is 0.0890. The van der Waals surface area contributed by atoms with Crippen LogP contribution in [0.3, 0.4) is 0 Å². The van der Waals surface area contributed by atoms with E-state index < -0.39 is 22.0 Å². The first-order chi connectivity index (χ1) is 9.72. The molecular weight excluding hydrogens is 316 g/mol. The molecule has 0 aliphatic rings. The van der Waals surface area contributed by atoms with Gasteiger partial charge in [0.2, 0.25) is 10.0 Å². The molecule has 21 heavy (non-hydrogen) atoms. The predicted molar refractivity (Wildman–Crippen MR) is 77.1 cm³/mol. The van der Waals surface area contributed by atoms with Gasteiger partial charge in [-0.25, -0.2) is 8.42 Å². The summed E-state index contributed by atoms with van der Waals surface area (Å²) in [5.74, 6) is -0.984. The summed E-state index contributed by atoms with van der Waals surface area (Å²) < 4.78 is 31.5. The van der Waals surface area contributed by atoms with Gasteiger partial charge in [0, 0.05) is 0 Å². The number of rotatable bonds is 5. The summed E-state index contributed by atoms with van der Waals surface area (Å²) in [6, 6.07) is 4.64. The number of ether oxygens (including phenoxy) is 1. The van der Waals surface area contributed by atoms with Gasteiger partial charge in [-0.2, -0.15) is 9.98 Å². The lowest BCUT2D eigenvalue weighted by atomic mass is 10.1. The minimum atomic E-state index is -4.01. The summed E-state index contributed by atoms with van der Waals surface area (Å²) in [6.07, 6.45) is 0. The fraction of sp³-hybridized carbons (Fsp3) is 0.385. The lowest BCUT2D eigenvalue weighted by molar-refractivity contribution is -0.143. The van der Waals surface area contributed by atoms with Gasteiger partial charge in [-0.15, -0.1) is 0 Å². The van der Waals surface area contributed by atoms with Crippen molar-refractivity contribution in [3.63, 3.8) is 0 Å². The number of halogens is 1. The molecule has 1 N–H and O–H groups in total. The second-order valence-electron chi connectivity index (χ2n) is 4.62. The topological polar surface area (TPSA) is 96.3 Å². The Balaban J connectivity index is 3.17. The van der Waals surface area contributed by atoms with E-state index in [9.17, 15) is 13.2 Å². The van der Waals surface area contributed by atoms with Crippen LogP contribution in [0.4, 0.5) is 0 Å². The monoisotopic (exact) mass is 330 g/mol. The van der Waals surface area contributed by atoms with E-state index in [0.29, 0.717) is 0 Å². The van der Waals surface area contributed by atoms with Gasteiger partial charge in [0.05, 0.1) is 23.8 Å². The molecule has 8 heteroatoms. The standard InChI is InChI=1S/C13H15ClN2O4S/c1-8(2)12(13(17)20-3)16-21(18,19)11-5-4-9(7-15)6-10(11)14/h4-6,8,12,16H,1-3H3. The number of nitrogens with one attached hydrogen (secondary N) is 1. The maximum atomic E-state index is 12.3. The van der Waals surface area contributed by atoms with E-state index in [1.807, 2.05) is 6.07 Å². The molecule has 0 aromatic heterocycles. The van der Waals surface area contributed by atoms with Crippen molar-refractivity contribution in [3.05, 3.63) is 28.8 Å². The summed E-state index contributed by atoms with van der Waals surface area (Å²) in [5.41, 5.74) is 0.243. The molecule has 1 rings (SSSR count). The molecule has 0 amide bonds. The van der Waals surface area contributed by atoms with Gasteiger partial charge in [0.1, 0.15) is 10.9 Å². The number of benzene rings is 1. The second kappa shape index (κ2) is 6.89. The fourth-order valence-electron chi connectivity index (χ4n) is 1.60. The maximum Gasteiger partial charge on any atom is 0.324 e. The Morgan fingerprint density at radius 3 is 2.48 bits per heavy atom. The van der Waals surface area contributed by atoms with Gasteiger partial charge in [0.25, 0.3) is 0 Å². The zero-order valence-corrected chi connectivity index (χ0v) is 13.3. The van der Waals surface area contributed by atoms with E-state index in [2.05, 4.69) is 9.46 Å². The molecule has 0 bridgehead atoms. The van der Waals surface area contributed by atoms with Crippen LogP contribution in [0, 0.1) is 17.2 Å². The summed E-state index contributed by atoms with van der Waals surface area (Å²) >= 11 is 5.88. The Hall–Kier alpha value is -1.62. The van der Waals surface area contributed by atoms with Crippen molar-refractivity contribution in [3.8, 4) is 6.07 Å². The zero-order chi connectivity index (χ0) is 16.2. The van der Waals surface area contributed by atoms with Crippen LogP contribution in [0.25, 0.3) is 0 Å². The average molecular weight is 331 g/mol. The number of hydrogen-bond acceptors (Lipinski definition) is 5. The van der Waals surface area contributed by atoms with Crippen LogP contribution in [0.1, 0.15) is 19.4 Å². The van der Waals surface area contributed by atoms with Crippen LogP contribution in [-0.4, -0.2) is 27.5 Å². The molecule has 0 saturated carbocycles. The number of sulfonamides is 1. The quantitative estimate of drug-likeness (QED) is 0.829. The third-order valence-electron chi connectivity index (χ3n) is 2.75. The molecule has 0 saturated heterocycles. The molecule has 0 aliphatic carbocycles. The highest BCUT2D eigenvalue weighted by Crippen LogP contribution is 2.23. The molecule has 0 radical (unpaired) electrons. The number of methoxy groups -OCH3 is 1. The smallest absolute Gasteiger partial charge is 0.324 e. The summed E-state index contributed by atoms with van der Waals surface area (Å²) in [5, 5.41) is 8.65. The zero-order valence-electron chi connectivity index (χ0n) is 11.8. The predicted octanol–water partition coefficient (Wildman–Crippen LogP) is 1.69. The van der Waals surface area contributed by atoms with Crippen LogP contribution in [0.2, 0.25) is 5.02 Å². The summed E-state index contributed by atoms with van der Waals surface area (Å²) in [7, 11) is -2.83. The van der Waals surface area contributed by atoms with E-state index in [4.69, 9.17) is 16.9 Å². The van der Waals surface area contributed by atoms with Gasteiger partial charge in [0.15, 0.2) is 0 Å². The number of nitrogens with zero attached hydrogens (tertiary/aromatic N) is 1. The van der Waals surface area contributed by atoms with Gasteiger partial charge >= 0.3 is 5.97 Å². The van der Waals surface area contributed by atoms with E-state index in [1.165, 1.54) is 25.3 Å². The van der Waals surface area contributed by atoms with E-state index >= 15 is 0 Å². The van der Waals surface area contributed by atoms with Crippen molar-refractivity contribution in [1.82, 2.24) is 4.72 Å². The van der Waals surface area contributed by atoms with E-state index in [1.54, 1.807) is 13.8 Å². The molecular formula is C13H15ClN2O4S. The highest BCUT2D eigenvalue weighted by atomic mass is 35.5. The SMILES string of the molecule is COC(=O)C(NS(=O)(=O)c1ccc(C#N)cc1Cl)C(C)C. The molecule has 0 heterocycles. The van der Waals surface area contributed by atoms with E-state index in [-0.39, 0.29) is 21.4 Å². The number of nitriles is 1. The van der Waals surface area contributed by atoms with Crippen molar-refractivity contribution in [2.45, 2.75) is 24.8 Å². The summed E-state index contributed by atoms with van der Waals surface area (Å²) in [4.78, 5) is 11.4. The summed E-state index contributed by atoms with van der Waals surface area (Å²) in [6.45, 7) is 3.37. The molecule has 1 atom stereocenters. The van der Waals surface area contributed by atoms with Crippen molar-refractivity contribution in [2.24, 2.45) is 5.92 Å². The third-order valence-corrected chi connectivity index (χ3v) is 4.68. The molecule has 114 valence electrons. The fourth-order valence-corrected chi connectivity index (χ4v) is 3.48. The Morgan fingerprint density at radius 2 is 2.05 bits per heavy atom. The van der Waals surface area contributed by atoms with Crippen molar-refractivity contribution in [2.75, 3.05) is 7.11 Å². The lowest BCUT2D eigenvalue weighted by Crippen LogP contribution is -2.44. The van der Waals surface area contributed by atoms with Gasteiger partial charge in [-0.3, -0.25) is 4.79 Å².